The second-order valence-electron chi connectivity index (χ2n) is 3.02. The van der Waals surface area contributed by atoms with Gasteiger partial charge in [0, 0.05) is 10.6 Å². The van der Waals surface area contributed by atoms with Crippen molar-refractivity contribution < 1.29 is 9.53 Å². The Morgan fingerprint density at radius 2 is 2.27 bits per heavy atom. The van der Waals surface area contributed by atoms with E-state index in [2.05, 4.69) is 16.6 Å². The summed E-state index contributed by atoms with van der Waals surface area (Å²) in [5, 5.41) is 0.680. The number of benzene rings is 1. The fraction of sp³-hybridized carbons (Fsp3) is 0.250. The maximum absolute atomic E-state index is 10.8. The Labute approximate surface area is 94.2 Å². The summed E-state index contributed by atoms with van der Waals surface area (Å²) in [5.74, 6) is 5.23. The summed E-state index contributed by atoms with van der Waals surface area (Å²) < 4.78 is 4.46. The van der Waals surface area contributed by atoms with Crippen LogP contribution in [0.5, 0.6) is 0 Å². The molecule has 0 bridgehead atoms. The van der Waals surface area contributed by atoms with E-state index in [1.807, 2.05) is 19.1 Å². The second-order valence-corrected chi connectivity index (χ2v) is 3.43. The summed E-state index contributed by atoms with van der Waals surface area (Å²) in [4.78, 5) is 10.8. The van der Waals surface area contributed by atoms with Crippen LogP contribution < -0.4 is 0 Å². The summed E-state index contributed by atoms with van der Waals surface area (Å²) >= 11 is 5.92. The van der Waals surface area contributed by atoms with Gasteiger partial charge in [-0.15, -0.1) is 0 Å². The van der Waals surface area contributed by atoms with E-state index in [-0.39, 0.29) is 12.4 Å². The van der Waals surface area contributed by atoms with Crippen molar-refractivity contribution in [1.29, 1.82) is 0 Å². The Morgan fingerprint density at radius 3 is 2.87 bits per heavy atom. The fourth-order valence-electron chi connectivity index (χ4n) is 0.961. The fourth-order valence-corrected chi connectivity index (χ4v) is 1.14. The standard InChI is InChI=1S/C12H11ClO2/c1-9-6-7-10(8-11(9)13)4-3-5-12(14)15-2/h6-8H,5H2,1-2H3. The molecule has 0 unspecified atom stereocenters. The summed E-state index contributed by atoms with van der Waals surface area (Å²) in [6.45, 7) is 1.92. The first-order valence-corrected chi connectivity index (χ1v) is 4.83. The zero-order valence-corrected chi connectivity index (χ0v) is 9.39. The molecule has 0 saturated carbocycles. The first-order valence-electron chi connectivity index (χ1n) is 4.45. The molecule has 78 valence electrons. The number of rotatable bonds is 1. The number of hydrogen-bond acceptors (Lipinski definition) is 2. The van der Waals surface area contributed by atoms with Gasteiger partial charge in [0.2, 0.25) is 0 Å². The molecule has 0 aliphatic carbocycles. The van der Waals surface area contributed by atoms with Crippen molar-refractivity contribution in [2.45, 2.75) is 13.3 Å². The van der Waals surface area contributed by atoms with Gasteiger partial charge in [-0.05, 0) is 24.6 Å². The van der Waals surface area contributed by atoms with E-state index in [0.29, 0.717) is 5.02 Å². The average molecular weight is 223 g/mol. The van der Waals surface area contributed by atoms with Crippen LogP contribution in [0.3, 0.4) is 0 Å². The monoisotopic (exact) mass is 222 g/mol. The summed E-state index contributed by atoms with van der Waals surface area (Å²) in [7, 11) is 1.34. The van der Waals surface area contributed by atoms with Gasteiger partial charge in [0.05, 0.1) is 7.11 Å². The number of methoxy groups -OCH3 is 1. The van der Waals surface area contributed by atoms with Gasteiger partial charge in [-0.25, -0.2) is 0 Å². The smallest absolute Gasteiger partial charge is 0.317 e. The number of aryl methyl sites for hydroxylation is 1. The molecule has 0 fully saturated rings. The maximum Gasteiger partial charge on any atom is 0.317 e. The van der Waals surface area contributed by atoms with Gasteiger partial charge in [-0.2, -0.15) is 0 Å². The zero-order valence-electron chi connectivity index (χ0n) is 8.63. The van der Waals surface area contributed by atoms with E-state index >= 15 is 0 Å². The van der Waals surface area contributed by atoms with Crippen LogP contribution in [0.1, 0.15) is 17.5 Å². The van der Waals surface area contributed by atoms with Crippen LogP contribution in [-0.2, 0) is 9.53 Å². The quantitative estimate of drug-likeness (QED) is 0.539. The highest BCUT2D eigenvalue weighted by molar-refractivity contribution is 6.31. The van der Waals surface area contributed by atoms with Crippen molar-refractivity contribution >= 4 is 17.6 Å². The normalized spacial score (nSPS) is 9.00. The molecule has 15 heavy (non-hydrogen) atoms. The third-order valence-corrected chi connectivity index (χ3v) is 2.27. The summed E-state index contributed by atoms with van der Waals surface area (Å²) in [6.07, 6.45) is 0.0992. The van der Waals surface area contributed by atoms with Crippen LogP contribution in [0.4, 0.5) is 0 Å². The van der Waals surface area contributed by atoms with E-state index in [9.17, 15) is 4.79 Å². The van der Waals surface area contributed by atoms with Crippen LogP contribution in [-0.4, -0.2) is 13.1 Å². The van der Waals surface area contributed by atoms with Gasteiger partial charge in [0.1, 0.15) is 6.42 Å². The van der Waals surface area contributed by atoms with Crippen molar-refractivity contribution in [1.82, 2.24) is 0 Å². The van der Waals surface area contributed by atoms with Gasteiger partial charge in [0.25, 0.3) is 0 Å². The molecule has 0 N–H and O–H groups in total. The predicted octanol–water partition coefficient (Wildman–Crippen LogP) is 2.56. The van der Waals surface area contributed by atoms with E-state index in [1.54, 1.807) is 6.07 Å². The summed E-state index contributed by atoms with van der Waals surface area (Å²) in [5.41, 5.74) is 1.81. The molecule has 0 aliphatic heterocycles. The summed E-state index contributed by atoms with van der Waals surface area (Å²) in [6, 6.07) is 5.54. The molecule has 0 spiro atoms. The van der Waals surface area contributed by atoms with E-state index in [0.717, 1.165) is 11.1 Å². The van der Waals surface area contributed by atoms with E-state index in [1.165, 1.54) is 7.11 Å². The minimum Gasteiger partial charge on any atom is -0.468 e. The Balaban J connectivity index is 2.72. The van der Waals surface area contributed by atoms with Gasteiger partial charge in [-0.3, -0.25) is 4.79 Å². The van der Waals surface area contributed by atoms with Crippen LogP contribution in [0.2, 0.25) is 5.02 Å². The minimum atomic E-state index is -0.333. The van der Waals surface area contributed by atoms with E-state index in [4.69, 9.17) is 11.6 Å². The molecule has 0 aliphatic rings. The van der Waals surface area contributed by atoms with Gasteiger partial charge in [-0.1, -0.05) is 29.5 Å². The van der Waals surface area contributed by atoms with Crippen molar-refractivity contribution in [2.75, 3.05) is 7.11 Å². The number of carbonyl (C=O) groups excluding carboxylic acids is 1. The first kappa shape index (κ1) is 11.6. The Hall–Kier alpha value is -1.46. The molecule has 2 nitrogen and oxygen atoms in total. The number of esters is 1. The Bertz CT molecular complexity index is 427. The van der Waals surface area contributed by atoms with Crippen molar-refractivity contribution in [2.24, 2.45) is 0 Å². The number of carbonyl (C=O) groups is 1. The number of halogens is 1. The molecule has 3 heteroatoms. The topological polar surface area (TPSA) is 26.3 Å². The van der Waals surface area contributed by atoms with Crippen LogP contribution >= 0.6 is 11.6 Å². The predicted molar refractivity (Wildman–Crippen MR) is 59.7 cm³/mol. The lowest BCUT2D eigenvalue weighted by Crippen LogP contribution is -1.96. The van der Waals surface area contributed by atoms with Crippen molar-refractivity contribution in [3.05, 3.63) is 34.3 Å². The molecule has 0 radical (unpaired) electrons. The van der Waals surface area contributed by atoms with Crippen LogP contribution in [0, 0.1) is 18.8 Å². The zero-order chi connectivity index (χ0) is 11.3. The highest BCUT2D eigenvalue weighted by Crippen LogP contribution is 2.15. The SMILES string of the molecule is COC(=O)CC#Cc1ccc(C)c(Cl)c1. The molecule has 0 aromatic heterocycles. The van der Waals surface area contributed by atoms with E-state index < -0.39 is 0 Å². The molecule has 0 saturated heterocycles. The molecule has 0 heterocycles. The molecule has 1 aromatic carbocycles. The molecule has 0 atom stereocenters. The molecule has 1 aromatic rings. The number of ether oxygens (including phenoxy) is 1. The van der Waals surface area contributed by atoms with Crippen LogP contribution in [0.15, 0.2) is 18.2 Å². The first-order chi connectivity index (χ1) is 7.13. The maximum atomic E-state index is 10.8. The molecule has 1 rings (SSSR count). The Kier molecular flexibility index (Phi) is 4.20. The minimum absolute atomic E-state index is 0.0992. The van der Waals surface area contributed by atoms with Gasteiger partial charge >= 0.3 is 5.97 Å². The van der Waals surface area contributed by atoms with Gasteiger partial charge < -0.3 is 4.74 Å². The van der Waals surface area contributed by atoms with Gasteiger partial charge in [0.15, 0.2) is 0 Å². The third kappa shape index (κ3) is 3.65. The van der Waals surface area contributed by atoms with Crippen molar-refractivity contribution in [3.8, 4) is 11.8 Å². The lowest BCUT2D eigenvalue weighted by atomic mass is 10.1. The third-order valence-electron chi connectivity index (χ3n) is 1.86. The molecular weight excluding hydrogens is 212 g/mol. The highest BCUT2D eigenvalue weighted by Gasteiger charge is 1.96. The lowest BCUT2D eigenvalue weighted by molar-refractivity contribution is -0.139. The van der Waals surface area contributed by atoms with Crippen LogP contribution in [0.25, 0.3) is 0 Å². The number of hydrogen-bond donors (Lipinski definition) is 0. The average Bonchev–Trinajstić information content (AvgIpc) is 2.23. The Morgan fingerprint density at radius 1 is 1.53 bits per heavy atom. The van der Waals surface area contributed by atoms with Crippen molar-refractivity contribution in [3.63, 3.8) is 0 Å². The second kappa shape index (κ2) is 5.43. The lowest BCUT2D eigenvalue weighted by Gasteiger charge is -1.96. The molecular formula is C12H11ClO2. The molecule has 0 amide bonds. The highest BCUT2D eigenvalue weighted by atomic mass is 35.5. The largest absolute Gasteiger partial charge is 0.468 e.